The van der Waals surface area contributed by atoms with Gasteiger partial charge in [0.25, 0.3) is 10.0 Å². The van der Waals surface area contributed by atoms with E-state index in [4.69, 9.17) is 4.74 Å². The van der Waals surface area contributed by atoms with Gasteiger partial charge in [-0.2, -0.15) is 0 Å². The number of methoxy groups -OCH3 is 1. The molecule has 0 bridgehead atoms. The lowest BCUT2D eigenvalue weighted by atomic mass is 10.1. The molecule has 1 unspecified atom stereocenters. The van der Waals surface area contributed by atoms with E-state index < -0.39 is 28.5 Å². The van der Waals surface area contributed by atoms with Crippen molar-refractivity contribution in [3.05, 3.63) is 90.5 Å². The zero-order valence-corrected chi connectivity index (χ0v) is 23.1. The van der Waals surface area contributed by atoms with Gasteiger partial charge in [-0.25, -0.2) is 8.42 Å². The van der Waals surface area contributed by atoms with Gasteiger partial charge in [0, 0.05) is 18.7 Å². The summed E-state index contributed by atoms with van der Waals surface area (Å²) in [6.07, 6.45) is 3.98. The molecule has 4 rings (SSSR count). The van der Waals surface area contributed by atoms with Crippen LogP contribution in [0.5, 0.6) is 5.75 Å². The summed E-state index contributed by atoms with van der Waals surface area (Å²) in [4.78, 5) is 28.7. The largest absolute Gasteiger partial charge is 0.497 e. The number of hydrogen-bond donors (Lipinski definition) is 1. The second-order valence-corrected chi connectivity index (χ2v) is 11.6. The number of nitrogens with zero attached hydrogens (tertiary/aromatic N) is 2. The van der Waals surface area contributed by atoms with Crippen molar-refractivity contribution in [2.45, 2.75) is 56.1 Å². The number of ether oxygens (including phenoxy) is 1. The fourth-order valence-corrected chi connectivity index (χ4v) is 6.20. The molecule has 3 aromatic carbocycles. The van der Waals surface area contributed by atoms with Crippen molar-refractivity contribution >= 4 is 27.5 Å². The minimum Gasteiger partial charge on any atom is -0.497 e. The summed E-state index contributed by atoms with van der Waals surface area (Å²) in [5.74, 6) is -0.279. The van der Waals surface area contributed by atoms with Crippen molar-refractivity contribution in [2.24, 2.45) is 0 Å². The van der Waals surface area contributed by atoms with Gasteiger partial charge in [0.1, 0.15) is 18.3 Å². The van der Waals surface area contributed by atoms with Crippen LogP contribution in [-0.4, -0.2) is 50.9 Å². The standard InChI is InChI=1S/C30H35N3O5S/c1-23(30(35)31-25-14-9-10-15-25)32(21-24-12-5-3-6-13-24)29(34)22-33(26-16-11-17-27(20-26)38-2)39(36,37)28-18-7-4-8-19-28/h3-8,11-13,16-20,23,25H,9-10,14-15,21-22H2,1-2H3,(H,31,35). The van der Waals surface area contributed by atoms with Crippen LogP contribution in [0.25, 0.3) is 0 Å². The molecule has 1 atom stereocenters. The van der Waals surface area contributed by atoms with E-state index in [9.17, 15) is 18.0 Å². The van der Waals surface area contributed by atoms with E-state index in [-0.39, 0.29) is 29.1 Å². The van der Waals surface area contributed by atoms with E-state index >= 15 is 0 Å². The summed E-state index contributed by atoms with van der Waals surface area (Å²) in [6, 6.07) is 23.2. The van der Waals surface area contributed by atoms with Crippen molar-refractivity contribution < 1.29 is 22.7 Å². The predicted octanol–water partition coefficient (Wildman–Crippen LogP) is 4.37. The van der Waals surface area contributed by atoms with Gasteiger partial charge in [0.15, 0.2) is 0 Å². The fraction of sp³-hybridized carbons (Fsp3) is 0.333. The molecule has 0 aromatic heterocycles. The van der Waals surface area contributed by atoms with E-state index in [1.807, 2.05) is 30.3 Å². The lowest BCUT2D eigenvalue weighted by molar-refractivity contribution is -0.139. The maximum absolute atomic E-state index is 14.0. The van der Waals surface area contributed by atoms with Crippen LogP contribution >= 0.6 is 0 Å². The Kier molecular flexibility index (Phi) is 9.24. The molecular formula is C30H35N3O5S. The summed E-state index contributed by atoms with van der Waals surface area (Å²) in [7, 11) is -2.62. The first kappa shape index (κ1) is 28.2. The Bertz CT molecular complexity index is 1360. The average Bonchev–Trinajstić information content (AvgIpc) is 3.48. The summed E-state index contributed by atoms with van der Waals surface area (Å²) < 4.78 is 34.0. The molecule has 0 radical (unpaired) electrons. The normalized spacial score (nSPS) is 14.4. The number of sulfonamides is 1. The number of amides is 2. The summed E-state index contributed by atoms with van der Waals surface area (Å²) in [6.45, 7) is 1.36. The third kappa shape index (κ3) is 6.97. The Morgan fingerprint density at radius 2 is 1.59 bits per heavy atom. The molecule has 8 nitrogen and oxygen atoms in total. The van der Waals surface area contributed by atoms with Gasteiger partial charge in [0.2, 0.25) is 11.8 Å². The van der Waals surface area contributed by atoms with Crippen LogP contribution in [0.3, 0.4) is 0 Å². The van der Waals surface area contributed by atoms with Gasteiger partial charge in [-0.05, 0) is 49.6 Å². The highest BCUT2D eigenvalue weighted by atomic mass is 32.2. The monoisotopic (exact) mass is 549 g/mol. The summed E-state index contributed by atoms with van der Waals surface area (Å²) in [5.41, 5.74) is 1.12. The number of rotatable bonds is 11. The Morgan fingerprint density at radius 3 is 2.23 bits per heavy atom. The second kappa shape index (κ2) is 12.8. The average molecular weight is 550 g/mol. The van der Waals surface area contributed by atoms with Gasteiger partial charge < -0.3 is 15.0 Å². The molecule has 1 saturated carbocycles. The molecule has 0 saturated heterocycles. The fourth-order valence-electron chi connectivity index (χ4n) is 4.77. The number of anilines is 1. The van der Waals surface area contributed by atoms with E-state index in [1.54, 1.807) is 49.4 Å². The van der Waals surface area contributed by atoms with Crippen LogP contribution < -0.4 is 14.4 Å². The third-order valence-electron chi connectivity index (χ3n) is 7.02. The maximum Gasteiger partial charge on any atom is 0.264 e. The molecule has 39 heavy (non-hydrogen) atoms. The molecule has 3 aromatic rings. The number of carbonyl (C=O) groups is 2. The van der Waals surface area contributed by atoms with Crippen molar-refractivity contribution in [1.29, 1.82) is 0 Å². The molecule has 0 spiro atoms. The Hall–Kier alpha value is -3.85. The molecule has 9 heteroatoms. The van der Waals surface area contributed by atoms with Crippen molar-refractivity contribution in [3.63, 3.8) is 0 Å². The van der Waals surface area contributed by atoms with Gasteiger partial charge >= 0.3 is 0 Å². The van der Waals surface area contributed by atoms with Crippen LogP contribution in [0.4, 0.5) is 5.69 Å². The Balaban J connectivity index is 1.68. The highest BCUT2D eigenvalue weighted by molar-refractivity contribution is 7.92. The lowest BCUT2D eigenvalue weighted by Gasteiger charge is -2.32. The number of hydrogen-bond acceptors (Lipinski definition) is 5. The summed E-state index contributed by atoms with van der Waals surface area (Å²) >= 11 is 0. The first-order chi connectivity index (χ1) is 18.8. The first-order valence-corrected chi connectivity index (χ1v) is 14.6. The van der Waals surface area contributed by atoms with Gasteiger partial charge in [-0.15, -0.1) is 0 Å². The Labute approximate surface area is 230 Å². The van der Waals surface area contributed by atoms with Gasteiger partial charge in [0.05, 0.1) is 17.7 Å². The lowest BCUT2D eigenvalue weighted by Crippen LogP contribution is -2.52. The molecule has 0 heterocycles. The topological polar surface area (TPSA) is 96.0 Å². The van der Waals surface area contributed by atoms with Crippen molar-refractivity contribution in [2.75, 3.05) is 18.0 Å². The molecular weight excluding hydrogens is 514 g/mol. The van der Waals surface area contributed by atoms with Gasteiger partial charge in [-0.1, -0.05) is 67.4 Å². The molecule has 1 aliphatic rings. The van der Waals surface area contributed by atoms with E-state index in [2.05, 4.69) is 5.32 Å². The minimum absolute atomic E-state index is 0.0576. The molecule has 0 aliphatic heterocycles. The number of nitrogens with one attached hydrogen (secondary N) is 1. The predicted molar refractivity (Wildman–Crippen MR) is 151 cm³/mol. The third-order valence-corrected chi connectivity index (χ3v) is 8.80. The van der Waals surface area contributed by atoms with Crippen molar-refractivity contribution in [1.82, 2.24) is 10.2 Å². The number of carbonyl (C=O) groups excluding carboxylic acids is 2. The quantitative estimate of drug-likeness (QED) is 0.383. The summed E-state index contributed by atoms with van der Waals surface area (Å²) in [5, 5.41) is 3.07. The van der Waals surface area contributed by atoms with Crippen LogP contribution in [0.15, 0.2) is 89.8 Å². The van der Waals surface area contributed by atoms with Crippen LogP contribution in [0, 0.1) is 0 Å². The molecule has 1 N–H and O–H groups in total. The smallest absolute Gasteiger partial charge is 0.264 e. The second-order valence-electron chi connectivity index (χ2n) is 9.70. The minimum atomic E-state index is -4.12. The van der Waals surface area contributed by atoms with Crippen LogP contribution in [0.2, 0.25) is 0 Å². The van der Waals surface area contributed by atoms with Crippen LogP contribution in [-0.2, 0) is 26.2 Å². The van der Waals surface area contributed by atoms with E-state index in [0.29, 0.717) is 5.75 Å². The van der Waals surface area contributed by atoms with Gasteiger partial charge in [-0.3, -0.25) is 13.9 Å². The van der Waals surface area contributed by atoms with Crippen molar-refractivity contribution in [3.8, 4) is 5.75 Å². The maximum atomic E-state index is 14.0. The van der Waals surface area contributed by atoms with E-state index in [1.165, 1.54) is 24.1 Å². The molecule has 1 fully saturated rings. The number of benzene rings is 3. The zero-order chi connectivity index (χ0) is 27.8. The zero-order valence-electron chi connectivity index (χ0n) is 22.3. The SMILES string of the molecule is COc1cccc(N(CC(=O)N(Cc2ccccc2)C(C)C(=O)NC2CCCC2)S(=O)(=O)c2ccccc2)c1. The van der Waals surface area contributed by atoms with Crippen LogP contribution in [0.1, 0.15) is 38.2 Å². The molecule has 2 amide bonds. The highest BCUT2D eigenvalue weighted by Crippen LogP contribution is 2.27. The van der Waals surface area contributed by atoms with E-state index in [0.717, 1.165) is 35.6 Å². The highest BCUT2D eigenvalue weighted by Gasteiger charge is 2.33. The molecule has 206 valence electrons. The Morgan fingerprint density at radius 1 is 0.949 bits per heavy atom. The first-order valence-electron chi connectivity index (χ1n) is 13.1. The molecule has 1 aliphatic carbocycles.